The van der Waals surface area contributed by atoms with Gasteiger partial charge in [0, 0.05) is 24.6 Å². The molecule has 4 nitrogen and oxygen atoms in total. The van der Waals surface area contributed by atoms with Gasteiger partial charge in [-0.05, 0) is 55.7 Å². The van der Waals surface area contributed by atoms with Gasteiger partial charge in [-0.1, -0.05) is 26.0 Å². The second kappa shape index (κ2) is 8.14. The number of amides is 1. The largest absolute Gasteiger partial charge is 0.481 e. The molecule has 4 heteroatoms. The van der Waals surface area contributed by atoms with Gasteiger partial charge < -0.3 is 10.0 Å². The Balaban J connectivity index is 2.13. The maximum Gasteiger partial charge on any atom is 0.303 e. The van der Waals surface area contributed by atoms with Crippen LogP contribution in [0.5, 0.6) is 0 Å². The van der Waals surface area contributed by atoms with Crippen LogP contribution in [0.25, 0.3) is 0 Å². The van der Waals surface area contributed by atoms with Gasteiger partial charge in [-0.2, -0.15) is 0 Å². The van der Waals surface area contributed by atoms with Crippen molar-refractivity contribution in [2.24, 2.45) is 5.92 Å². The van der Waals surface area contributed by atoms with Gasteiger partial charge >= 0.3 is 5.97 Å². The fraction of sp³-hybridized carbons (Fsp3) is 0.579. The van der Waals surface area contributed by atoms with Crippen LogP contribution in [0.3, 0.4) is 0 Å². The maximum atomic E-state index is 12.7. The number of nitrogens with zero attached hydrogens (tertiary/aromatic N) is 1. The molecule has 0 fully saturated rings. The SMILES string of the molecule is CCC(CC)C(=O)N1CCCc2cc(CCCC(=O)O)ccc21. The minimum absolute atomic E-state index is 0.108. The third kappa shape index (κ3) is 4.34. The van der Waals surface area contributed by atoms with Gasteiger partial charge in [-0.25, -0.2) is 0 Å². The molecular formula is C19H27NO3. The number of carboxylic acid groups (broad SMARTS) is 1. The number of carbonyl (C=O) groups excluding carboxylic acids is 1. The maximum absolute atomic E-state index is 12.7. The van der Waals surface area contributed by atoms with E-state index < -0.39 is 5.97 Å². The summed E-state index contributed by atoms with van der Waals surface area (Å²) in [5.41, 5.74) is 3.44. The highest BCUT2D eigenvalue weighted by Crippen LogP contribution is 2.30. The molecule has 0 saturated heterocycles. The molecule has 0 spiro atoms. The van der Waals surface area contributed by atoms with Gasteiger partial charge in [0.1, 0.15) is 0 Å². The van der Waals surface area contributed by atoms with E-state index in [1.165, 1.54) is 11.1 Å². The van der Waals surface area contributed by atoms with Crippen LogP contribution < -0.4 is 4.90 Å². The van der Waals surface area contributed by atoms with E-state index in [2.05, 4.69) is 19.9 Å². The summed E-state index contributed by atoms with van der Waals surface area (Å²) in [6.07, 6.45) is 5.40. The lowest BCUT2D eigenvalue weighted by atomic mass is 9.94. The van der Waals surface area contributed by atoms with Crippen molar-refractivity contribution in [1.29, 1.82) is 0 Å². The van der Waals surface area contributed by atoms with Crippen molar-refractivity contribution < 1.29 is 14.7 Å². The number of aliphatic carboxylic acids is 1. The Morgan fingerprint density at radius 1 is 1.26 bits per heavy atom. The van der Waals surface area contributed by atoms with Crippen LogP contribution in [0.15, 0.2) is 18.2 Å². The highest BCUT2D eigenvalue weighted by atomic mass is 16.4. The smallest absolute Gasteiger partial charge is 0.303 e. The minimum atomic E-state index is -0.745. The first-order chi connectivity index (χ1) is 11.1. The molecule has 0 radical (unpaired) electrons. The molecule has 1 aliphatic rings. The van der Waals surface area contributed by atoms with Crippen LogP contribution in [0, 0.1) is 5.92 Å². The lowest BCUT2D eigenvalue weighted by Gasteiger charge is -2.32. The highest BCUT2D eigenvalue weighted by Gasteiger charge is 2.26. The van der Waals surface area contributed by atoms with E-state index in [9.17, 15) is 9.59 Å². The lowest BCUT2D eigenvalue weighted by molar-refractivity contribution is -0.137. The van der Waals surface area contributed by atoms with E-state index in [-0.39, 0.29) is 18.2 Å². The number of aryl methyl sites for hydroxylation is 2. The number of fused-ring (bicyclic) bond motifs is 1. The first-order valence-corrected chi connectivity index (χ1v) is 8.71. The van der Waals surface area contributed by atoms with Crippen molar-refractivity contribution in [2.45, 2.75) is 58.8 Å². The third-order valence-corrected chi connectivity index (χ3v) is 4.72. The zero-order valence-corrected chi connectivity index (χ0v) is 14.2. The van der Waals surface area contributed by atoms with Crippen LogP contribution in [-0.2, 0) is 22.4 Å². The molecule has 0 aromatic heterocycles. The Morgan fingerprint density at radius 3 is 2.65 bits per heavy atom. The van der Waals surface area contributed by atoms with Crippen molar-refractivity contribution in [3.05, 3.63) is 29.3 Å². The molecule has 1 aliphatic heterocycles. The quantitative estimate of drug-likeness (QED) is 0.832. The first kappa shape index (κ1) is 17.5. The van der Waals surface area contributed by atoms with Crippen molar-refractivity contribution in [3.63, 3.8) is 0 Å². The van der Waals surface area contributed by atoms with Gasteiger partial charge in [0.05, 0.1) is 0 Å². The van der Waals surface area contributed by atoms with Crippen LogP contribution in [-0.4, -0.2) is 23.5 Å². The van der Waals surface area contributed by atoms with Gasteiger partial charge in [0.25, 0.3) is 0 Å². The number of carbonyl (C=O) groups is 2. The highest BCUT2D eigenvalue weighted by molar-refractivity contribution is 5.96. The van der Waals surface area contributed by atoms with E-state index in [4.69, 9.17) is 5.11 Å². The molecule has 1 amide bonds. The van der Waals surface area contributed by atoms with Gasteiger partial charge in [-0.3, -0.25) is 9.59 Å². The van der Waals surface area contributed by atoms with Crippen LogP contribution in [0.2, 0.25) is 0 Å². The molecule has 0 atom stereocenters. The monoisotopic (exact) mass is 317 g/mol. The zero-order valence-electron chi connectivity index (χ0n) is 14.2. The minimum Gasteiger partial charge on any atom is -0.481 e. The molecule has 0 saturated carbocycles. The van der Waals surface area contributed by atoms with Crippen LogP contribution >= 0.6 is 0 Å². The Labute approximate surface area is 138 Å². The van der Waals surface area contributed by atoms with Crippen molar-refractivity contribution in [1.82, 2.24) is 0 Å². The molecule has 1 aromatic carbocycles. The van der Waals surface area contributed by atoms with E-state index in [0.717, 1.165) is 44.3 Å². The first-order valence-electron chi connectivity index (χ1n) is 8.71. The van der Waals surface area contributed by atoms with Gasteiger partial charge in [0.2, 0.25) is 5.91 Å². The predicted molar refractivity (Wildman–Crippen MR) is 91.8 cm³/mol. The Kier molecular flexibility index (Phi) is 6.20. The number of hydrogen-bond acceptors (Lipinski definition) is 2. The van der Waals surface area contributed by atoms with Crippen molar-refractivity contribution in [2.75, 3.05) is 11.4 Å². The summed E-state index contributed by atoms with van der Waals surface area (Å²) in [6.45, 7) is 4.95. The van der Waals surface area contributed by atoms with E-state index in [0.29, 0.717) is 6.42 Å². The van der Waals surface area contributed by atoms with E-state index in [1.807, 2.05) is 17.0 Å². The third-order valence-electron chi connectivity index (χ3n) is 4.72. The molecule has 23 heavy (non-hydrogen) atoms. The van der Waals surface area contributed by atoms with Crippen molar-refractivity contribution >= 4 is 17.6 Å². The zero-order chi connectivity index (χ0) is 16.8. The van der Waals surface area contributed by atoms with Crippen LogP contribution in [0.1, 0.15) is 57.1 Å². The molecular weight excluding hydrogens is 290 g/mol. The number of carboxylic acids is 1. The number of benzene rings is 1. The fourth-order valence-corrected chi connectivity index (χ4v) is 3.34. The Bertz CT molecular complexity index is 564. The molecule has 1 N–H and O–H groups in total. The number of hydrogen-bond donors (Lipinski definition) is 1. The molecule has 0 aliphatic carbocycles. The van der Waals surface area contributed by atoms with E-state index in [1.54, 1.807) is 0 Å². The summed E-state index contributed by atoms with van der Waals surface area (Å²) < 4.78 is 0. The molecule has 1 heterocycles. The molecule has 0 bridgehead atoms. The number of rotatable bonds is 7. The summed E-state index contributed by atoms with van der Waals surface area (Å²) in [5.74, 6) is -0.393. The van der Waals surface area contributed by atoms with Crippen LogP contribution in [0.4, 0.5) is 5.69 Å². The summed E-state index contributed by atoms with van der Waals surface area (Å²) in [7, 11) is 0. The second-order valence-corrected chi connectivity index (χ2v) is 6.32. The van der Waals surface area contributed by atoms with E-state index >= 15 is 0 Å². The average molecular weight is 317 g/mol. The normalized spacial score (nSPS) is 14.0. The van der Waals surface area contributed by atoms with Crippen molar-refractivity contribution in [3.8, 4) is 0 Å². The average Bonchev–Trinajstić information content (AvgIpc) is 2.54. The standard InChI is InChI=1S/C19H27NO3/c1-3-15(4-2)19(23)20-12-6-8-16-13-14(10-11-17(16)20)7-5-9-18(21)22/h10-11,13,15H,3-9,12H2,1-2H3,(H,21,22). The summed E-state index contributed by atoms with van der Waals surface area (Å²) in [4.78, 5) is 25.3. The predicted octanol–water partition coefficient (Wildman–Crippen LogP) is 3.81. The van der Waals surface area contributed by atoms with Gasteiger partial charge in [-0.15, -0.1) is 0 Å². The Morgan fingerprint density at radius 2 is 2.00 bits per heavy atom. The Hall–Kier alpha value is -1.84. The summed E-state index contributed by atoms with van der Waals surface area (Å²) >= 11 is 0. The molecule has 2 rings (SSSR count). The lowest BCUT2D eigenvalue weighted by Crippen LogP contribution is -2.39. The fourth-order valence-electron chi connectivity index (χ4n) is 3.34. The van der Waals surface area contributed by atoms with Gasteiger partial charge in [0.15, 0.2) is 0 Å². The summed E-state index contributed by atoms with van der Waals surface area (Å²) in [5, 5.41) is 8.73. The summed E-state index contributed by atoms with van der Waals surface area (Å²) in [6, 6.07) is 6.24. The number of anilines is 1. The molecule has 126 valence electrons. The second-order valence-electron chi connectivity index (χ2n) is 6.32. The molecule has 0 unspecified atom stereocenters. The molecule has 1 aromatic rings. The topological polar surface area (TPSA) is 57.6 Å².